The Balaban J connectivity index is 2.98. The minimum atomic E-state index is -0.104. The molecule has 0 aliphatic heterocycles. The van der Waals surface area contributed by atoms with E-state index in [0.717, 1.165) is 6.42 Å². The van der Waals surface area contributed by atoms with Gasteiger partial charge in [-0.1, -0.05) is 12.8 Å². The van der Waals surface area contributed by atoms with Gasteiger partial charge in [-0.3, -0.25) is 4.79 Å². The number of rotatable bonds is 5. The lowest BCUT2D eigenvalue weighted by Gasteiger charge is -2.19. The Morgan fingerprint density at radius 3 is 2.83 bits per heavy atom. The molecule has 1 aromatic rings. The third-order valence-corrected chi connectivity index (χ3v) is 2.54. The minimum absolute atomic E-state index is 0.104. The first-order valence-corrected chi connectivity index (χ1v) is 5.80. The molecule has 1 amide bonds. The fraction of sp³-hybridized carbons (Fsp3) is 0.357. The van der Waals surface area contributed by atoms with Gasteiger partial charge in [-0.2, -0.15) is 0 Å². The Labute approximate surface area is 108 Å². The topological polar surface area (TPSA) is 55.6 Å². The van der Waals surface area contributed by atoms with Crippen LogP contribution in [0.25, 0.3) is 0 Å². The first-order chi connectivity index (χ1) is 8.63. The summed E-state index contributed by atoms with van der Waals surface area (Å²) in [6.45, 7) is 2.94. The summed E-state index contributed by atoms with van der Waals surface area (Å²) in [4.78, 5) is 13.9. The van der Waals surface area contributed by atoms with Crippen LogP contribution in [0.3, 0.4) is 0 Å². The molecule has 0 aliphatic rings. The van der Waals surface area contributed by atoms with Crippen LogP contribution in [0.4, 0.5) is 5.69 Å². The highest BCUT2D eigenvalue weighted by atomic mass is 16.5. The van der Waals surface area contributed by atoms with Gasteiger partial charge in [-0.05, 0) is 24.6 Å². The number of methoxy groups -OCH3 is 1. The molecule has 18 heavy (non-hydrogen) atoms. The maximum absolute atomic E-state index is 12.2. The van der Waals surface area contributed by atoms with Gasteiger partial charge in [0.15, 0.2) is 0 Å². The zero-order valence-electron chi connectivity index (χ0n) is 10.8. The number of nitrogens with zero attached hydrogens (tertiary/aromatic N) is 1. The van der Waals surface area contributed by atoms with Crippen LogP contribution in [0.5, 0.6) is 5.75 Å². The summed E-state index contributed by atoms with van der Waals surface area (Å²) < 4.78 is 5.10. The van der Waals surface area contributed by atoms with Crippen molar-refractivity contribution in [2.24, 2.45) is 0 Å². The fourth-order valence-corrected chi connectivity index (χ4v) is 1.66. The predicted molar refractivity (Wildman–Crippen MR) is 72.4 cm³/mol. The third kappa shape index (κ3) is 3.17. The van der Waals surface area contributed by atoms with E-state index in [4.69, 9.17) is 16.9 Å². The summed E-state index contributed by atoms with van der Waals surface area (Å²) in [5.41, 5.74) is 6.75. The minimum Gasteiger partial charge on any atom is -0.495 e. The molecule has 0 fully saturated rings. The number of hydrogen-bond donors (Lipinski definition) is 1. The van der Waals surface area contributed by atoms with Gasteiger partial charge in [-0.25, -0.2) is 0 Å². The largest absolute Gasteiger partial charge is 0.495 e. The Morgan fingerprint density at radius 1 is 1.56 bits per heavy atom. The molecule has 0 radical (unpaired) electrons. The van der Waals surface area contributed by atoms with Crippen LogP contribution in [0, 0.1) is 12.3 Å². The molecule has 0 saturated heterocycles. The zero-order valence-corrected chi connectivity index (χ0v) is 10.8. The summed E-state index contributed by atoms with van der Waals surface area (Å²) in [6, 6.07) is 4.97. The maximum Gasteiger partial charge on any atom is 0.254 e. The first-order valence-electron chi connectivity index (χ1n) is 5.80. The summed E-state index contributed by atoms with van der Waals surface area (Å²) in [5, 5.41) is 0. The second-order valence-electron chi connectivity index (χ2n) is 3.89. The van der Waals surface area contributed by atoms with E-state index in [0.29, 0.717) is 30.1 Å². The lowest BCUT2D eigenvalue weighted by atomic mass is 10.1. The standard InChI is InChI=1S/C14H18N2O2/c1-4-8-16(9-5-2)14(17)11-6-7-12(15)13(10-11)18-3/h1,6-7,10H,5,8-9,15H2,2-3H3. The van der Waals surface area contributed by atoms with Crippen molar-refractivity contribution in [2.75, 3.05) is 25.9 Å². The molecule has 0 aliphatic carbocycles. The molecule has 0 unspecified atom stereocenters. The Bertz CT molecular complexity index is 463. The van der Waals surface area contributed by atoms with E-state index < -0.39 is 0 Å². The van der Waals surface area contributed by atoms with E-state index in [-0.39, 0.29) is 5.91 Å². The molecule has 1 rings (SSSR count). The van der Waals surface area contributed by atoms with Crippen molar-refractivity contribution < 1.29 is 9.53 Å². The molecular weight excluding hydrogens is 228 g/mol. The van der Waals surface area contributed by atoms with Gasteiger partial charge >= 0.3 is 0 Å². The highest BCUT2D eigenvalue weighted by molar-refractivity contribution is 5.95. The van der Waals surface area contributed by atoms with Crippen molar-refractivity contribution in [3.63, 3.8) is 0 Å². The third-order valence-electron chi connectivity index (χ3n) is 2.54. The van der Waals surface area contributed by atoms with E-state index in [1.807, 2.05) is 6.92 Å². The number of carbonyl (C=O) groups excluding carboxylic acids is 1. The van der Waals surface area contributed by atoms with E-state index in [1.54, 1.807) is 23.1 Å². The van der Waals surface area contributed by atoms with Crippen molar-refractivity contribution in [2.45, 2.75) is 13.3 Å². The molecule has 0 spiro atoms. The summed E-state index contributed by atoms with van der Waals surface area (Å²) >= 11 is 0. The van der Waals surface area contributed by atoms with Crippen LogP contribution in [-0.2, 0) is 0 Å². The summed E-state index contributed by atoms with van der Waals surface area (Å²) in [6.07, 6.45) is 6.13. The fourth-order valence-electron chi connectivity index (χ4n) is 1.66. The van der Waals surface area contributed by atoms with Crippen LogP contribution in [-0.4, -0.2) is 31.0 Å². The Hall–Kier alpha value is -2.15. The van der Waals surface area contributed by atoms with Crippen LogP contribution >= 0.6 is 0 Å². The van der Waals surface area contributed by atoms with E-state index in [2.05, 4.69) is 5.92 Å². The van der Waals surface area contributed by atoms with Gasteiger partial charge in [0.25, 0.3) is 5.91 Å². The SMILES string of the molecule is C#CCN(CCC)C(=O)c1ccc(N)c(OC)c1. The van der Waals surface area contributed by atoms with E-state index in [1.165, 1.54) is 7.11 Å². The number of nitrogen functional groups attached to an aromatic ring is 1. The Morgan fingerprint density at radius 2 is 2.28 bits per heavy atom. The Kier molecular flexibility index (Phi) is 5.06. The number of hydrogen-bond acceptors (Lipinski definition) is 3. The van der Waals surface area contributed by atoms with Crippen molar-refractivity contribution in [1.29, 1.82) is 0 Å². The van der Waals surface area contributed by atoms with E-state index in [9.17, 15) is 4.79 Å². The molecule has 1 aromatic carbocycles. The molecule has 4 heteroatoms. The van der Waals surface area contributed by atoms with Gasteiger partial charge in [0.05, 0.1) is 19.3 Å². The van der Waals surface area contributed by atoms with Crippen LogP contribution in [0.1, 0.15) is 23.7 Å². The van der Waals surface area contributed by atoms with Gasteiger partial charge in [0, 0.05) is 12.1 Å². The molecule has 0 bridgehead atoms. The summed E-state index contributed by atoms with van der Waals surface area (Å²) in [5.74, 6) is 2.89. The summed E-state index contributed by atoms with van der Waals surface area (Å²) in [7, 11) is 1.52. The molecule has 4 nitrogen and oxygen atoms in total. The molecule has 2 N–H and O–H groups in total. The first kappa shape index (κ1) is 13.9. The molecule has 0 saturated carbocycles. The van der Waals surface area contributed by atoms with Crippen LogP contribution < -0.4 is 10.5 Å². The van der Waals surface area contributed by atoms with Gasteiger partial charge < -0.3 is 15.4 Å². The smallest absolute Gasteiger partial charge is 0.254 e. The number of nitrogens with two attached hydrogens (primary N) is 1. The quantitative estimate of drug-likeness (QED) is 0.636. The second-order valence-corrected chi connectivity index (χ2v) is 3.89. The van der Waals surface area contributed by atoms with Gasteiger partial charge in [0.1, 0.15) is 5.75 Å². The number of carbonyl (C=O) groups is 1. The highest BCUT2D eigenvalue weighted by Gasteiger charge is 2.15. The average molecular weight is 246 g/mol. The van der Waals surface area contributed by atoms with Gasteiger partial charge in [-0.15, -0.1) is 6.42 Å². The predicted octanol–water partition coefficient (Wildman–Crippen LogP) is 1.76. The number of anilines is 1. The van der Waals surface area contributed by atoms with Crippen molar-refractivity contribution in [3.8, 4) is 18.1 Å². The normalized spacial score (nSPS) is 9.61. The van der Waals surface area contributed by atoms with Crippen molar-refractivity contribution in [1.82, 2.24) is 4.90 Å². The molecule has 0 aromatic heterocycles. The second kappa shape index (κ2) is 6.55. The highest BCUT2D eigenvalue weighted by Crippen LogP contribution is 2.22. The number of amides is 1. The van der Waals surface area contributed by atoms with Crippen molar-refractivity contribution >= 4 is 11.6 Å². The number of benzene rings is 1. The van der Waals surface area contributed by atoms with Gasteiger partial charge in [0.2, 0.25) is 0 Å². The maximum atomic E-state index is 12.2. The van der Waals surface area contributed by atoms with Crippen LogP contribution in [0.2, 0.25) is 0 Å². The monoisotopic (exact) mass is 246 g/mol. The average Bonchev–Trinajstić information content (AvgIpc) is 2.38. The zero-order chi connectivity index (χ0) is 13.5. The molecule has 96 valence electrons. The molecule has 0 atom stereocenters. The molecular formula is C14H18N2O2. The van der Waals surface area contributed by atoms with E-state index >= 15 is 0 Å². The molecule has 0 heterocycles. The van der Waals surface area contributed by atoms with Crippen molar-refractivity contribution in [3.05, 3.63) is 23.8 Å². The number of ether oxygens (including phenoxy) is 1. The lowest BCUT2D eigenvalue weighted by molar-refractivity contribution is 0.0776. The lowest BCUT2D eigenvalue weighted by Crippen LogP contribution is -2.32. The number of terminal acetylenes is 1. The van der Waals surface area contributed by atoms with Crippen LogP contribution in [0.15, 0.2) is 18.2 Å².